The van der Waals surface area contributed by atoms with E-state index in [1.165, 1.54) is 0 Å². The second kappa shape index (κ2) is 6.21. The van der Waals surface area contributed by atoms with Crippen molar-refractivity contribution >= 4 is 6.34 Å². The first-order chi connectivity index (χ1) is 3.91. The van der Waals surface area contributed by atoms with Crippen molar-refractivity contribution in [1.29, 1.82) is 0 Å². The molecular weight excluding hydrogens is 100 g/mol. The van der Waals surface area contributed by atoms with Gasteiger partial charge < -0.3 is 5.32 Å². The molecule has 0 unspecified atom stereocenters. The van der Waals surface area contributed by atoms with Gasteiger partial charge in [0.15, 0.2) is 0 Å². The zero-order chi connectivity index (χ0) is 6.24. The lowest BCUT2D eigenvalue weighted by atomic mass is 10.7. The molecule has 0 aromatic heterocycles. The van der Waals surface area contributed by atoms with Gasteiger partial charge >= 0.3 is 0 Å². The van der Waals surface area contributed by atoms with Crippen LogP contribution in [-0.2, 0) is 0 Å². The predicted octanol–water partition coefficient (Wildman–Crippen LogP) is 1.16. The van der Waals surface area contributed by atoms with Crippen LogP contribution in [0.2, 0.25) is 0 Å². The first-order valence-corrected chi connectivity index (χ1v) is 2.78. The molecule has 0 aliphatic carbocycles. The number of hydrogen-bond acceptors (Lipinski definition) is 1. The molecule has 0 saturated carbocycles. The van der Waals surface area contributed by atoms with Gasteiger partial charge in [0.1, 0.15) is 0 Å². The third-order valence-electron chi connectivity index (χ3n) is 0.605. The molecule has 0 heterocycles. The zero-order valence-corrected chi connectivity index (χ0v) is 5.39. The van der Waals surface area contributed by atoms with Gasteiger partial charge in [-0.05, 0) is 13.8 Å². The Kier molecular flexibility index (Phi) is 5.60. The Balaban J connectivity index is 3.07. The van der Waals surface area contributed by atoms with Crippen molar-refractivity contribution in [2.45, 2.75) is 13.8 Å². The maximum absolute atomic E-state index is 3.86. The van der Waals surface area contributed by atoms with E-state index in [9.17, 15) is 0 Å². The van der Waals surface area contributed by atoms with E-state index in [0.717, 1.165) is 6.54 Å². The molecule has 0 aromatic carbocycles. The number of allylic oxidation sites excluding steroid dienone is 1. The molecule has 2 nitrogen and oxygen atoms in total. The first-order valence-electron chi connectivity index (χ1n) is 2.78. The van der Waals surface area contributed by atoms with Crippen LogP contribution in [0.4, 0.5) is 0 Å². The van der Waals surface area contributed by atoms with Crippen molar-refractivity contribution < 1.29 is 0 Å². The van der Waals surface area contributed by atoms with Gasteiger partial charge in [-0.3, -0.25) is 0 Å². The Morgan fingerprint density at radius 2 is 2.38 bits per heavy atom. The lowest BCUT2D eigenvalue weighted by Gasteiger charge is -1.85. The van der Waals surface area contributed by atoms with Crippen LogP contribution in [0.5, 0.6) is 0 Å². The Labute approximate surface area is 50.3 Å². The fourth-order valence-electron chi connectivity index (χ4n) is 0.273. The molecule has 0 radical (unpaired) electrons. The topological polar surface area (TPSA) is 24.4 Å². The molecule has 0 rings (SSSR count). The van der Waals surface area contributed by atoms with E-state index in [4.69, 9.17) is 0 Å². The van der Waals surface area contributed by atoms with Crippen LogP contribution >= 0.6 is 0 Å². The molecule has 0 atom stereocenters. The highest BCUT2D eigenvalue weighted by Crippen LogP contribution is 1.67. The van der Waals surface area contributed by atoms with Gasteiger partial charge in [-0.1, -0.05) is 6.08 Å². The summed E-state index contributed by atoms with van der Waals surface area (Å²) in [5, 5.41) is 2.94. The molecule has 0 aromatic rings. The minimum atomic E-state index is 0.932. The number of hydrogen-bond donors (Lipinski definition) is 1. The summed E-state index contributed by atoms with van der Waals surface area (Å²) in [5.74, 6) is 0. The molecular formula is C6H12N2. The van der Waals surface area contributed by atoms with Crippen molar-refractivity contribution in [2.24, 2.45) is 4.99 Å². The van der Waals surface area contributed by atoms with Gasteiger partial charge in [0.25, 0.3) is 0 Å². The minimum Gasteiger partial charge on any atom is -0.376 e. The molecule has 0 fully saturated rings. The standard InChI is InChI=1S/C6H12N2/c1-3-5-8-6-7-4-2/h3,5-6H,4H2,1-2H3,(H,7,8)/b5-3-. The lowest BCUT2D eigenvalue weighted by molar-refractivity contribution is 0.987. The summed E-state index contributed by atoms with van der Waals surface area (Å²) in [6.07, 6.45) is 5.30. The van der Waals surface area contributed by atoms with E-state index in [0.29, 0.717) is 0 Å². The predicted molar refractivity (Wildman–Crippen MR) is 37.0 cm³/mol. The number of aliphatic imine (C=N–C) groups is 1. The molecule has 0 amide bonds. The van der Waals surface area contributed by atoms with Gasteiger partial charge in [0.05, 0.1) is 6.34 Å². The maximum atomic E-state index is 3.86. The highest BCUT2D eigenvalue weighted by molar-refractivity contribution is 5.54. The third kappa shape index (κ3) is 5.21. The molecule has 1 N–H and O–H groups in total. The summed E-state index contributed by atoms with van der Waals surface area (Å²) in [6, 6.07) is 0. The van der Waals surface area contributed by atoms with Crippen LogP contribution in [-0.4, -0.2) is 12.9 Å². The molecule has 0 saturated heterocycles. The summed E-state index contributed by atoms with van der Waals surface area (Å²) in [7, 11) is 0. The Morgan fingerprint density at radius 3 is 2.88 bits per heavy atom. The van der Waals surface area contributed by atoms with Crippen molar-refractivity contribution in [3.8, 4) is 0 Å². The van der Waals surface area contributed by atoms with Gasteiger partial charge in [-0.15, -0.1) is 0 Å². The van der Waals surface area contributed by atoms with Gasteiger partial charge in [0.2, 0.25) is 0 Å². The van der Waals surface area contributed by atoms with Crippen LogP contribution < -0.4 is 5.32 Å². The monoisotopic (exact) mass is 112 g/mol. The SMILES string of the molecule is C/C=C\N=C\NCC. The average Bonchev–Trinajstić information content (AvgIpc) is 1.81. The van der Waals surface area contributed by atoms with E-state index in [2.05, 4.69) is 10.3 Å². The van der Waals surface area contributed by atoms with Crippen LogP contribution in [0.15, 0.2) is 17.3 Å². The summed E-state index contributed by atoms with van der Waals surface area (Å²) >= 11 is 0. The molecule has 2 heteroatoms. The second-order valence-electron chi connectivity index (χ2n) is 1.32. The highest BCUT2D eigenvalue weighted by atomic mass is 14.9. The van der Waals surface area contributed by atoms with Crippen molar-refractivity contribution in [1.82, 2.24) is 5.32 Å². The fraction of sp³-hybridized carbons (Fsp3) is 0.500. The van der Waals surface area contributed by atoms with E-state index in [-0.39, 0.29) is 0 Å². The smallest absolute Gasteiger partial charge is 0.0878 e. The lowest BCUT2D eigenvalue weighted by Crippen LogP contribution is -2.07. The maximum Gasteiger partial charge on any atom is 0.0878 e. The van der Waals surface area contributed by atoms with E-state index >= 15 is 0 Å². The second-order valence-corrected chi connectivity index (χ2v) is 1.32. The largest absolute Gasteiger partial charge is 0.376 e. The Morgan fingerprint density at radius 1 is 1.62 bits per heavy atom. The average molecular weight is 112 g/mol. The molecule has 0 spiro atoms. The molecule has 0 bridgehead atoms. The van der Waals surface area contributed by atoms with E-state index in [1.54, 1.807) is 12.5 Å². The molecule has 8 heavy (non-hydrogen) atoms. The van der Waals surface area contributed by atoms with Gasteiger partial charge in [-0.25, -0.2) is 4.99 Å². The molecule has 46 valence electrons. The molecule has 0 aliphatic heterocycles. The summed E-state index contributed by atoms with van der Waals surface area (Å²) in [6.45, 7) is 4.89. The quantitative estimate of drug-likeness (QED) is 0.430. The Bertz CT molecular complexity index is 84.5. The normalized spacial score (nSPS) is 11.2. The number of rotatable bonds is 3. The summed E-state index contributed by atoms with van der Waals surface area (Å²) in [4.78, 5) is 3.86. The number of nitrogens with zero attached hydrogens (tertiary/aromatic N) is 1. The number of nitrogens with one attached hydrogen (secondary N) is 1. The van der Waals surface area contributed by atoms with Crippen molar-refractivity contribution in [3.05, 3.63) is 12.3 Å². The van der Waals surface area contributed by atoms with E-state index < -0.39 is 0 Å². The Hall–Kier alpha value is -0.790. The minimum absolute atomic E-state index is 0.932. The van der Waals surface area contributed by atoms with Crippen LogP contribution in [0.3, 0.4) is 0 Å². The van der Waals surface area contributed by atoms with Crippen molar-refractivity contribution in [2.75, 3.05) is 6.54 Å². The highest BCUT2D eigenvalue weighted by Gasteiger charge is 1.62. The van der Waals surface area contributed by atoms with Crippen molar-refractivity contribution in [3.63, 3.8) is 0 Å². The van der Waals surface area contributed by atoms with Gasteiger partial charge in [0, 0.05) is 12.7 Å². The third-order valence-corrected chi connectivity index (χ3v) is 0.605. The van der Waals surface area contributed by atoms with E-state index in [1.807, 2.05) is 19.9 Å². The van der Waals surface area contributed by atoms with Crippen LogP contribution in [0, 0.1) is 0 Å². The van der Waals surface area contributed by atoms with Gasteiger partial charge in [-0.2, -0.15) is 0 Å². The fourth-order valence-corrected chi connectivity index (χ4v) is 0.273. The summed E-state index contributed by atoms with van der Waals surface area (Å²) < 4.78 is 0. The zero-order valence-electron chi connectivity index (χ0n) is 5.39. The van der Waals surface area contributed by atoms with Crippen LogP contribution in [0.25, 0.3) is 0 Å². The first kappa shape index (κ1) is 7.21. The van der Waals surface area contributed by atoms with Crippen LogP contribution in [0.1, 0.15) is 13.8 Å². The summed E-state index contributed by atoms with van der Waals surface area (Å²) in [5.41, 5.74) is 0. The molecule has 0 aliphatic rings.